The SMILES string of the molecule is CCC1CCC(O)(C2(C#N)CCS(=O)(=O)C2)CC1. The molecule has 1 saturated carbocycles. The van der Waals surface area contributed by atoms with Crippen molar-refractivity contribution in [3.05, 3.63) is 0 Å². The number of rotatable bonds is 2. The fraction of sp³-hybridized carbons (Fsp3) is 0.923. The third kappa shape index (κ3) is 2.17. The first-order chi connectivity index (χ1) is 8.36. The molecule has 0 aromatic carbocycles. The first-order valence-electron chi connectivity index (χ1n) is 6.70. The Labute approximate surface area is 109 Å². The van der Waals surface area contributed by atoms with Crippen molar-refractivity contribution in [3.63, 3.8) is 0 Å². The molecule has 0 spiro atoms. The molecule has 1 atom stereocenters. The quantitative estimate of drug-likeness (QED) is 0.828. The Kier molecular flexibility index (Phi) is 3.46. The molecule has 2 fully saturated rings. The molecule has 0 amide bonds. The molecule has 1 aliphatic heterocycles. The van der Waals surface area contributed by atoms with E-state index in [0.29, 0.717) is 25.2 Å². The van der Waals surface area contributed by atoms with Gasteiger partial charge >= 0.3 is 0 Å². The average Bonchev–Trinajstić information content (AvgIpc) is 2.68. The Bertz CT molecular complexity index is 457. The topological polar surface area (TPSA) is 78.2 Å². The van der Waals surface area contributed by atoms with Gasteiger partial charge in [-0.25, -0.2) is 8.42 Å². The molecule has 2 rings (SSSR count). The van der Waals surface area contributed by atoms with Gasteiger partial charge in [0.1, 0.15) is 5.41 Å². The molecule has 18 heavy (non-hydrogen) atoms. The van der Waals surface area contributed by atoms with Gasteiger partial charge < -0.3 is 5.11 Å². The molecule has 102 valence electrons. The van der Waals surface area contributed by atoms with Gasteiger partial charge in [-0.1, -0.05) is 13.3 Å². The number of hydrogen-bond acceptors (Lipinski definition) is 4. The summed E-state index contributed by atoms with van der Waals surface area (Å²) in [6, 6.07) is 2.15. The van der Waals surface area contributed by atoms with E-state index >= 15 is 0 Å². The predicted octanol–water partition coefficient (Wildman–Crippen LogP) is 1.65. The summed E-state index contributed by atoms with van der Waals surface area (Å²) < 4.78 is 23.3. The Morgan fingerprint density at radius 1 is 1.33 bits per heavy atom. The minimum Gasteiger partial charge on any atom is -0.388 e. The van der Waals surface area contributed by atoms with E-state index in [9.17, 15) is 18.8 Å². The van der Waals surface area contributed by atoms with Crippen LogP contribution in [0.3, 0.4) is 0 Å². The van der Waals surface area contributed by atoms with Gasteiger partial charge in [0.2, 0.25) is 0 Å². The van der Waals surface area contributed by atoms with E-state index in [1.165, 1.54) is 0 Å². The fourth-order valence-electron chi connectivity index (χ4n) is 3.45. The van der Waals surface area contributed by atoms with E-state index in [1.807, 2.05) is 0 Å². The molecule has 1 N–H and O–H groups in total. The lowest BCUT2D eigenvalue weighted by Gasteiger charge is -2.44. The highest BCUT2D eigenvalue weighted by molar-refractivity contribution is 7.91. The third-order valence-electron chi connectivity index (χ3n) is 4.92. The van der Waals surface area contributed by atoms with E-state index in [2.05, 4.69) is 13.0 Å². The first kappa shape index (κ1) is 13.8. The van der Waals surface area contributed by atoms with Crippen LogP contribution in [0.2, 0.25) is 0 Å². The van der Waals surface area contributed by atoms with Crippen molar-refractivity contribution in [2.45, 2.75) is 51.0 Å². The highest BCUT2D eigenvalue weighted by Gasteiger charge is 2.57. The van der Waals surface area contributed by atoms with E-state index in [-0.39, 0.29) is 11.5 Å². The summed E-state index contributed by atoms with van der Waals surface area (Å²) in [5, 5.41) is 20.2. The van der Waals surface area contributed by atoms with Crippen molar-refractivity contribution in [2.24, 2.45) is 11.3 Å². The molecular formula is C13H21NO3S. The summed E-state index contributed by atoms with van der Waals surface area (Å²) in [7, 11) is -3.16. The summed E-state index contributed by atoms with van der Waals surface area (Å²) in [6.45, 7) is 2.13. The fourth-order valence-corrected chi connectivity index (χ4v) is 5.48. The van der Waals surface area contributed by atoms with Gasteiger partial charge in [0, 0.05) is 0 Å². The Morgan fingerprint density at radius 2 is 1.94 bits per heavy atom. The Balaban J connectivity index is 2.22. The molecule has 2 aliphatic rings. The number of nitrogens with zero attached hydrogens (tertiary/aromatic N) is 1. The summed E-state index contributed by atoms with van der Waals surface area (Å²) in [5.41, 5.74) is -2.17. The maximum atomic E-state index is 11.6. The highest BCUT2D eigenvalue weighted by atomic mass is 32.2. The molecule has 1 heterocycles. The summed E-state index contributed by atoms with van der Waals surface area (Å²) >= 11 is 0. The van der Waals surface area contributed by atoms with E-state index in [0.717, 1.165) is 19.3 Å². The van der Waals surface area contributed by atoms with Crippen LogP contribution in [-0.4, -0.2) is 30.6 Å². The van der Waals surface area contributed by atoms with Crippen molar-refractivity contribution in [1.82, 2.24) is 0 Å². The van der Waals surface area contributed by atoms with E-state index in [4.69, 9.17) is 0 Å². The summed E-state index contributed by atoms with van der Waals surface area (Å²) in [4.78, 5) is 0. The first-order valence-corrected chi connectivity index (χ1v) is 8.53. The standard InChI is InChI=1S/C13H21NO3S/c1-2-11-3-5-13(15,6-4-11)12(9-14)7-8-18(16,17)10-12/h11,15H,2-8,10H2,1H3. The van der Waals surface area contributed by atoms with Gasteiger partial charge in [-0.05, 0) is 38.0 Å². The van der Waals surface area contributed by atoms with Crippen LogP contribution < -0.4 is 0 Å². The van der Waals surface area contributed by atoms with Crippen LogP contribution in [0.5, 0.6) is 0 Å². The Hall–Kier alpha value is -0.600. The molecule has 0 radical (unpaired) electrons. The number of sulfone groups is 1. The molecule has 1 saturated heterocycles. The third-order valence-corrected chi connectivity index (χ3v) is 6.68. The number of hydrogen-bond donors (Lipinski definition) is 1. The summed E-state index contributed by atoms with van der Waals surface area (Å²) in [5.74, 6) is 0.489. The number of nitriles is 1. The second-order valence-corrected chi connectivity index (χ2v) is 8.10. The molecule has 5 heteroatoms. The minimum absolute atomic E-state index is 0.0417. The zero-order valence-electron chi connectivity index (χ0n) is 10.9. The average molecular weight is 271 g/mol. The highest BCUT2D eigenvalue weighted by Crippen LogP contribution is 2.49. The maximum Gasteiger partial charge on any atom is 0.152 e. The molecule has 1 aliphatic carbocycles. The van der Waals surface area contributed by atoms with E-state index < -0.39 is 20.9 Å². The van der Waals surface area contributed by atoms with Gasteiger partial charge in [-0.3, -0.25) is 0 Å². The van der Waals surface area contributed by atoms with Crippen LogP contribution in [0.1, 0.15) is 45.4 Å². The van der Waals surface area contributed by atoms with Crippen molar-refractivity contribution < 1.29 is 13.5 Å². The van der Waals surface area contributed by atoms with Gasteiger partial charge in [-0.15, -0.1) is 0 Å². The van der Waals surface area contributed by atoms with Gasteiger partial charge in [-0.2, -0.15) is 5.26 Å². The van der Waals surface area contributed by atoms with Gasteiger partial charge in [0.25, 0.3) is 0 Å². The van der Waals surface area contributed by atoms with Gasteiger partial charge in [0.15, 0.2) is 9.84 Å². The monoisotopic (exact) mass is 271 g/mol. The lowest BCUT2D eigenvalue weighted by molar-refractivity contribution is -0.0811. The van der Waals surface area contributed by atoms with Crippen molar-refractivity contribution in [3.8, 4) is 6.07 Å². The lowest BCUT2D eigenvalue weighted by Crippen LogP contribution is -2.50. The van der Waals surface area contributed by atoms with E-state index in [1.54, 1.807) is 0 Å². The van der Waals surface area contributed by atoms with Crippen LogP contribution in [0.25, 0.3) is 0 Å². The molecule has 0 bridgehead atoms. The van der Waals surface area contributed by atoms with Crippen LogP contribution in [0, 0.1) is 22.7 Å². The van der Waals surface area contributed by atoms with Crippen LogP contribution in [0.15, 0.2) is 0 Å². The normalized spacial score (nSPS) is 43.5. The molecule has 0 aromatic heterocycles. The van der Waals surface area contributed by atoms with Gasteiger partial charge in [0.05, 0.1) is 23.2 Å². The van der Waals surface area contributed by atoms with Crippen molar-refractivity contribution >= 4 is 9.84 Å². The predicted molar refractivity (Wildman–Crippen MR) is 68.5 cm³/mol. The lowest BCUT2D eigenvalue weighted by atomic mass is 9.63. The van der Waals surface area contributed by atoms with Crippen molar-refractivity contribution in [1.29, 1.82) is 5.26 Å². The second kappa shape index (κ2) is 4.50. The number of aliphatic hydroxyl groups is 1. The van der Waals surface area contributed by atoms with Crippen LogP contribution in [-0.2, 0) is 9.84 Å². The minimum atomic E-state index is -3.16. The molecule has 1 unspecified atom stereocenters. The second-order valence-electron chi connectivity index (χ2n) is 5.92. The summed E-state index contributed by atoms with van der Waals surface area (Å²) in [6.07, 6.45) is 4.31. The largest absolute Gasteiger partial charge is 0.388 e. The zero-order valence-corrected chi connectivity index (χ0v) is 11.7. The molecule has 4 nitrogen and oxygen atoms in total. The van der Waals surface area contributed by atoms with Crippen molar-refractivity contribution in [2.75, 3.05) is 11.5 Å². The van der Waals surface area contributed by atoms with Crippen LogP contribution in [0.4, 0.5) is 0 Å². The zero-order chi connectivity index (χ0) is 13.4. The molecular weight excluding hydrogens is 250 g/mol. The molecule has 0 aromatic rings. The smallest absolute Gasteiger partial charge is 0.152 e. The Morgan fingerprint density at radius 3 is 2.33 bits per heavy atom. The van der Waals surface area contributed by atoms with Crippen LogP contribution >= 0.6 is 0 Å². The maximum absolute atomic E-state index is 11.6.